The first kappa shape index (κ1) is 11.0. The quantitative estimate of drug-likeness (QED) is 0.638. The Bertz CT molecular complexity index is 194. The minimum atomic E-state index is 0.0158. The molecule has 2 nitrogen and oxygen atoms in total. The normalized spacial score (nSPS) is 13.8. The lowest BCUT2D eigenvalue weighted by Crippen LogP contribution is -2.30. The molecule has 0 aliphatic rings. The maximum Gasteiger partial charge on any atom is 0.217 e. The van der Waals surface area contributed by atoms with Crippen LogP contribution in [0.5, 0.6) is 0 Å². The summed E-state index contributed by atoms with van der Waals surface area (Å²) in [6, 6.07) is 0.187. The summed E-state index contributed by atoms with van der Waals surface area (Å²) in [7, 11) is 0. The minimum Gasteiger partial charge on any atom is -0.354 e. The van der Waals surface area contributed by atoms with E-state index in [0.29, 0.717) is 0 Å². The van der Waals surface area contributed by atoms with Gasteiger partial charge in [0.25, 0.3) is 0 Å². The molecule has 2 heteroatoms. The van der Waals surface area contributed by atoms with Crippen molar-refractivity contribution in [2.75, 3.05) is 0 Å². The fraction of sp³-hybridized carbons (Fsp3) is 0.500. The molecule has 12 heavy (non-hydrogen) atoms. The SMILES string of the molecule is C=CC(=CC)CC(C)NC(C)=O. The van der Waals surface area contributed by atoms with Gasteiger partial charge in [-0.3, -0.25) is 4.79 Å². The molecule has 0 saturated heterocycles. The smallest absolute Gasteiger partial charge is 0.217 e. The maximum absolute atomic E-state index is 10.7. The summed E-state index contributed by atoms with van der Waals surface area (Å²) in [6.45, 7) is 9.16. The molecular weight excluding hydrogens is 150 g/mol. The lowest BCUT2D eigenvalue weighted by atomic mass is 10.1. The highest BCUT2D eigenvalue weighted by atomic mass is 16.1. The molecule has 0 heterocycles. The van der Waals surface area contributed by atoms with Gasteiger partial charge in [0.1, 0.15) is 0 Å². The molecule has 1 amide bonds. The molecule has 0 aromatic rings. The molecule has 0 aliphatic heterocycles. The zero-order valence-corrected chi connectivity index (χ0v) is 8.05. The molecule has 0 rings (SSSR count). The van der Waals surface area contributed by atoms with Crippen molar-refractivity contribution in [3.05, 3.63) is 24.3 Å². The highest BCUT2D eigenvalue weighted by Crippen LogP contribution is 2.05. The van der Waals surface area contributed by atoms with E-state index in [9.17, 15) is 4.79 Å². The van der Waals surface area contributed by atoms with Crippen molar-refractivity contribution < 1.29 is 4.79 Å². The van der Waals surface area contributed by atoms with Crippen molar-refractivity contribution in [1.82, 2.24) is 5.32 Å². The van der Waals surface area contributed by atoms with Crippen LogP contribution >= 0.6 is 0 Å². The first-order chi connectivity index (χ1) is 5.60. The van der Waals surface area contributed by atoms with Gasteiger partial charge in [0.2, 0.25) is 5.91 Å². The van der Waals surface area contributed by atoms with E-state index in [1.807, 2.05) is 26.0 Å². The van der Waals surface area contributed by atoms with Gasteiger partial charge in [-0.25, -0.2) is 0 Å². The lowest BCUT2D eigenvalue weighted by Gasteiger charge is -2.12. The van der Waals surface area contributed by atoms with Gasteiger partial charge in [-0.05, 0) is 20.3 Å². The van der Waals surface area contributed by atoms with Crippen molar-refractivity contribution in [1.29, 1.82) is 0 Å². The zero-order chi connectivity index (χ0) is 9.56. The second-order valence-electron chi connectivity index (χ2n) is 2.87. The molecule has 0 aromatic carbocycles. The number of nitrogens with one attached hydrogen (secondary N) is 1. The molecule has 0 bridgehead atoms. The average Bonchev–Trinajstić information content (AvgIpc) is 1.98. The first-order valence-electron chi connectivity index (χ1n) is 4.14. The van der Waals surface area contributed by atoms with E-state index < -0.39 is 0 Å². The van der Waals surface area contributed by atoms with Crippen LogP contribution in [-0.4, -0.2) is 11.9 Å². The Morgan fingerprint density at radius 1 is 1.67 bits per heavy atom. The van der Waals surface area contributed by atoms with Crippen LogP contribution in [0.2, 0.25) is 0 Å². The molecule has 1 N–H and O–H groups in total. The minimum absolute atomic E-state index is 0.0158. The summed E-state index contributed by atoms with van der Waals surface area (Å²) in [5, 5.41) is 2.81. The summed E-state index contributed by atoms with van der Waals surface area (Å²) in [5.41, 5.74) is 1.16. The number of hydrogen-bond acceptors (Lipinski definition) is 1. The van der Waals surface area contributed by atoms with Crippen LogP contribution < -0.4 is 5.32 Å². The maximum atomic E-state index is 10.7. The summed E-state index contributed by atoms with van der Waals surface area (Å²) >= 11 is 0. The van der Waals surface area contributed by atoms with Crippen LogP contribution in [0.3, 0.4) is 0 Å². The summed E-state index contributed by atoms with van der Waals surface area (Å²) in [5.74, 6) is 0.0158. The second-order valence-corrected chi connectivity index (χ2v) is 2.87. The molecule has 0 fully saturated rings. The molecule has 1 unspecified atom stereocenters. The summed E-state index contributed by atoms with van der Waals surface area (Å²) in [4.78, 5) is 10.7. The molecule has 0 aromatic heterocycles. The Morgan fingerprint density at radius 3 is 2.58 bits per heavy atom. The predicted molar refractivity (Wildman–Crippen MR) is 51.8 cm³/mol. The summed E-state index contributed by atoms with van der Waals surface area (Å²) < 4.78 is 0. The van der Waals surface area contributed by atoms with E-state index in [0.717, 1.165) is 12.0 Å². The van der Waals surface area contributed by atoms with Crippen molar-refractivity contribution in [3.63, 3.8) is 0 Å². The highest BCUT2D eigenvalue weighted by Gasteiger charge is 2.03. The number of carbonyl (C=O) groups excluding carboxylic acids is 1. The van der Waals surface area contributed by atoms with Crippen molar-refractivity contribution in [2.45, 2.75) is 33.2 Å². The van der Waals surface area contributed by atoms with Gasteiger partial charge in [-0.15, -0.1) is 0 Å². The van der Waals surface area contributed by atoms with Gasteiger partial charge in [-0.2, -0.15) is 0 Å². The van der Waals surface area contributed by atoms with Crippen LogP contribution in [-0.2, 0) is 4.79 Å². The predicted octanol–water partition coefficient (Wildman–Crippen LogP) is 2.03. The van der Waals surface area contributed by atoms with Crippen LogP contribution in [0.15, 0.2) is 24.3 Å². The Labute approximate surface area is 74.4 Å². The van der Waals surface area contributed by atoms with E-state index in [-0.39, 0.29) is 11.9 Å². The van der Waals surface area contributed by atoms with E-state index in [1.54, 1.807) is 0 Å². The van der Waals surface area contributed by atoms with Crippen LogP contribution in [0.1, 0.15) is 27.2 Å². The Balaban J connectivity index is 3.90. The van der Waals surface area contributed by atoms with E-state index in [1.165, 1.54) is 6.92 Å². The van der Waals surface area contributed by atoms with Gasteiger partial charge in [-0.1, -0.05) is 24.3 Å². The number of rotatable bonds is 4. The third kappa shape index (κ3) is 4.72. The molecule has 0 radical (unpaired) electrons. The van der Waals surface area contributed by atoms with Gasteiger partial charge in [0, 0.05) is 13.0 Å². The second kappa shape index (κ2) is 5.58. The van der Waals surface area contributed by atoms with Gasteiger partial charge in [0.15, 0.2) is 0 Å². The topological polar surface area (TPSA) is 29.1 Å². The number of carbonyl (C=O) groups is 1. The third-order valence-corrected chi connectivity index (χ3v) is 1.62. The third-order valence-electron chi connectivity index (χ3n) is 1.62. The van der Waals surface area contributed by atoms with Crippen molar-refractivity contribution >= 4 is 5.91 Å². The molecule has 0 saturated carbocycles. The fourth-order valence-corrected chi connectivity index (χ4v) is 1.07. The molecule has 0 aliphatic carbocycles. The zero-order valence-electron chi connectivity index (χ0n) is 8.05. The van der Waals surface area contributed by atoms with E-state index in [2.05, 4.69) is 11.9 Å². The molecular formula is C10H17NO. The van der Waals surface area contributed by atoms with Crippen LogP contribution in [0.4, 0.5) is 0 Å². The number of allylic oxidation sites excluding steroid dienone is 2. The fourth-order valence-electron chi connectivity index (χ4n) is 1.07. The van der Waals surface area contributed by atoms with Crippen LogP contribution in [0, 0.1) is 0 Å². The Hall–Kier alpha value is -1.05. The van der Waals surface area contributed by atoms with Crippen molar-refractivity contribution in [2.24, 2.45) is 0 Å². The van der Waals surface area contributed by atoms with Gasteiger partial charge < -0.3 is 5.32 Å². The monoisotopic (exact) mass is 167 g/mol. The molecule has 1 atom stereocenters. The average molecular weight is 167 g/mol. The van der Waals surface area contributed by atoms with Gasteiger partial charge >= 0.3 is 0 Å². The first-order valence-corrected chi connectivity index (χ1v) is 4.14. The van der Waals surface area contributed by atoms with E-state index >= 15 is 0 Å². The molecule has 68 valence electrons. The standard InChI is InChI=1S/C10H17NO/c1-5-10(6-2)7-8(3)11-9(4)12/h5-6,8H,1,7H2,2-4H3,(H,11,12). The van der Waals surface area contributed by atoms with Gasteiger partial charge in [0.05, 0.1) is 0 Å². The Morgan fingerprint density at radius 2 is 2.25 bits per heavy atom. The number of amides is 1. The number of hydrogen-bond donors (Lipinski definition) is 1. The van der Waals surface area contributed by atoms with Crippen molar-refractivity contribution in [3.8, 4) is 0 Å². The lowest BCUT2D eigenvalue weighted by molar-refractivity contribution is -0.119. The highest BCUT2D eigenvalue weighted by molar-refractivity contribution is 5.73. The summed E-state index contributed by atoms with van der Waals surface area (Å²) in [6.07, 6.45) is 4.67. The van der Waals surface area contributed by atoms with E-state index in [4.69, 9.17) is 0 Å². The van der Waals surface area contributed by atoms with Crippen LogP contribution in [0.25, 0.3) is 0 Å². The Kier molecular flexibility index (Phi) is 5.09. The largest absolute Gasteiger partial charge is 0.354 e. The molecule has 0 spiro atoms.